The van der Waals surface area contributed by atoms with Crippen molar-refractivity contribution in [2.24, 2.45) is 55.3 Å². The van der Waals surface area contributed by atoms with Gasteiger partial charge in [-0.25, -0.2) is 0 Å². The first kappa shape index (κ1) is 41.9. The number of fused-ring (bicyclic) bond motifs is 2. The summed E-state index contributed by atoms with van der Waals surface area (Å²) < 4.78 is 12.2. The smallest absolute Gasteiger partial charge is 0.265 e. The van der Waals surface area contributed by atoms with E-state index in [1.54, 1.807) is 12.4 Å². The number of aliphatic hydroxyl groups excluding tert-OH is 2. The minimum absolute atomic E-state index is 0.00494. The molecule has 10 rings (SSSR count). The largest absolute Gasteiger partial charge is 0.489 e. The molecule has 4 unspecified atom stereocenters. The number of benzene rings is 4. The van der Waals surface area contributed by atoms with E-state index >= 15 is 0 Å². The number of aliphatic imine (C=N–C) groups is 4. The highest BCUT2D eigenvalue weighted by Crippen LogP contribution is 2.45. The molecule has 6 aliphatic rings. The van der Waals surface area contributed by atoms with Gasteiger partial charge in [0.2, 0.25) is 11.4 Å². The van der Waals surface area contributed by atoms with Gasteiger partial charge in [-0.3, -0.25) is 9.98 Å². The lowest BCUT2D eigenvalue weighted by molar-refractivity contribution is -0.750. The Morgan fingerprint density at radius 3 is 1.34 bits per heavy atom. The summed E-state index contributed by atoms with van der Waals surface area (Å²) in [4.78, 5) is 19.4. The van der Waals surface area contributed by atoms with E-state index in [1.165, 1.54) is 0 Å². The van der Waals surface area contributed by atoms with E-state index in [0.29, 0.717) is 13.2 Å². The quantitative estimate of drug-likeness (QED) is 0.0782. The minimum atomic E-state index is -0.802. The van der Waals surface area contributed by atoms with E-state index in [9.17, 15) is 10.2 Å². The van der Waals surface area contributed by atoms with Crippen LogP contribution in [0, 0.1) is 23.7 Å². The van der Waals surface area contributed by atoms with E-state index in [-0.39, 0.29) is 32.9 Å². The molecule has 0 spiro atoms. The van der Waals surface area contributed by atoms with E-state index in [4.69, 9.17) is 31.1 Å². The Bertz CT molecular complexity index is 2440. The van der Waals surface area contributed by atoms with Crippen molar-refractivity contribution >= 4 is 24.1 Å². The first-order chi connectivity index (χ1) is 31.3. The molecule has 4 aromatic rings. The van der Waals surface area contributed by atoms with Crippen LogP contribution in [0.2, 0.25) is 0 Å². The molecule has 0 bridgehead atoms. The fourth-order valence-corrected chi connectivity index (χ4v) is 10.4. The van der Waals surface area contributed by atoms with Crippen LogP contribution in [0.4, 0.5) is 0 Å². The molecule has 0 radical (unpaired) electrons. The van der Waals surface area contributed by atoms with E-state index in [0.717, 1.165) is 120 Å². The van der Waals surface area contributed by atoms with Crippen molar-refractivity contribution in [3.05, 3.63) is 179 Å². The number of nitrogens with zero attached hydrogens (tertiary/aromatic N) is 6. The van der Waals surface area contributed by atoms with Crippen LogP contribution >= 0.6 is 0 Å². The van der Waals surface area contributed by atoms with Gasteiger partial charge < -0.3 is 19.7 Å². The maximum atomic E-state index is 11.7. The summed E-state index contributed by atoms with van der Waals surface area (Å²) in [5, 5.41) is 23.4. The van der Waals surface area contributed by atoms with Crippen LogP contribution in [0.15, 0.2) is 177 Å². The highest BCUT2D eigenvalue weighted by Gasteiger charge is 2.49. The van der Waals surface area contributed by atoms with E-state index < -0.39 is 12.2 Å². The lowest BCUT2D eigenvalue weighted by Gasteiger charge is -2.38. The molecule has 12 nitrogen and oxygen atoms in total. The molecule has 0 aromatic heterocycles. The average Bonchev–Trinajstić information content (AvgIpc) is 3.84. The molecule has 12 heteroatoms. The Hall–Kier alpha value is -6.12. The maximum Gasteiger partial charge on any atom is 0.265 e. The van der Waals surface area contributed by atoms with Gasteiger partial charge in [0.15, 0.2) is 0 Å². The van der Waals surface area contributed by atoms with Crippen molar-refractivity contribution in [2.45, 2.75) is 76.8 Å². The molecule has 2 saturated carbocycles. The molecular formula is C52H56N8O4+2. The predicted molar refractivity (Wildman–Crippen MR) is 249 cm³/mol. The normalized spacial score (nSPS) is 28.1. The zero-order valence-electron chi connectivity index (χ0n) is 35.9. The van der Waals surface area contributed by atoms with Crippen LogP contribution in [0.1, 0.15) is 73.6 Å². The SMILES string of the molecule is N[N+]12C=CN=CC1=C(C1CCC(C(O)C(O)C3CCC(C4=C5C=NC=C[N+]5(N)C(c5cccc(OCc6ccccc6)c5)=N4)CC3)CC1)N=C2c1cccc(OCc2ccccc2)c1. The minimum Gasteiger partial charge on any atom is -0.489 e. The monoisotopic (exact) mass is 856 g/mol. The van der Waals surface area contributed by atoms with Crippen molar-refractivity contribution in [1.82, 2.24) is 0 Å². The third kappa shape index (κ3) is 8.13. The third-order valence-electron chi connectivity index (χ3n) is 14.0. The van der Waals surface area contributed by atoms with Gasteiger partial charge in [0, 0.05) is 11.8 Å². The van der Waals surface area contributed by atoms with Gasteiger partial charge in [-0.2, -0.15) is 21.7 Å². The van der Waals surface area contributed by atoms with E-state index in [1.807, 2.05) is 134 Å². The molecule has 4 heterocycles. The lowest BCUT2D eigenvalue weighted by atomic mass is 9.72. The summed E-state index contributed by atoms with van der Waals surface area (Å²) >= 11 is 0. The first-order valence-corrected chi connectivity index (χ1v) is 22.6. The first-order valence-electron chi connectivity index (χ1n) is 22.6. The third-order valence-corrected chi connectivity index (χ3v) is 14.0. The van der Waals surface area contributed by atoms with Gasteiger partial charge in [0.05, 0.1) is 48.2 Å². The van der Waals surface area contributed by atoms with Crippen LogP contribution in [-0.4, -0.2) is 55.7 Å². The maximum absolute atomic E-state index is 11.7. The fourth-order valence-electron chi connectivity index (χ4n) is 10.4. The Labute approximate surface area is 374 Å². The zero-order chi connectivity index (χ0) is 43.7. The number of aliphatic hydroxyl groups is 2. The zero-order valence-corrected chi connectivity index (χ0v) is 35.9. The van der Waals surface area contributed by atoms with Gasteiger partial charge in [-0.15, -0.1) is 9.18 Å². The molecule has 4 aliphatic heterocycles. The number of allylic oxidation sites excluding steroid dienone is 4. The molecule has 0 saturated heterocycles. The summed E-state index contributed by atoms with van der Waals surface area (Å²) in [6.07, 6.45) is 15.8. The Balaban J connectivity index is 0.773. The molecule has 0 amide bonds. The fraction of sp³-hybridized carbons (Fsp3) is 0.308. The summed E-state index contributed by atoms with van der Waals surface area (Å²) in [5.41, 5.74) is 7.60. The number of hydrogen-bond acceptors (Lipinski definition) is 10. The Kier molecular flexibility index (Phi) is 11.6. The number of nitrogens with two attached hydrogens (primary N) is 2. The number of amidine groups is 2. The molecule has 6 N–H and O–H groups in total. The van der Waals surface area contributed by atoms with Crippen molar-refractivity contribution in [3.63, 3.8) is 0 Å². The second-order valence-electron chi connectivity index (χ2n) is 17.9. The van der Waals surface area contributed by atoms with Gasteiger partial charge in [0.1, 0.15) is 48.5 Å². The van der Waals surface area contributed by atoms with Crippen LogP contribution in [-0.2, 0) is 13.2 Å². The molecule has 326 valence electrons. The highest BCUT2D eigenvalue weighted by atomic mass is 16.5. The van der Waals surface area contributed by atoms with Crippen molar-refractivity contribution in [3.8, 4) is 11.5 Å². The van der Waals surface area contributed by atoms with Gasteiger partial charge >= 0.3 is 0 Å². The van der Waals surface area contributed by atoms with Crippen LogP contribution in [0.25, 0.3) is 0 Å². The van der Waals surface area contributed by atoms with Gasteiger partial charge in [-0.05, 0) is 111 Å². The van der Waals surface area contributed by atoms with Crippen molar-refractivity contribution in [1.29, 1.82) is 0 Å². The highest BCUT2D eigenvalue weighted by molar-refractivity contribution is 6.01. The molecule has 64 heavy (non-hydrogen) atoms. The van der Waals surface area contributed by atoms with Crippen molar-refractivity contribution < 1.29 is 28.9 Å². The van der Waals surface area contributed by atoms with Gasteiger partial charge in [0.25, 0.3) is 11.7 Å². The molecule has 4 atom stereocenters. The van der Waals surface area contributed by atoms with Crippen LogP contribution in [0.3, 0.4) is 0 Å². The van der Waals surface area contributed by atoms with Crippen molar-refractivity contribution in [2.75, 3.05) is 0 Å². The van der Waals surface area contributed by atoms with Gasteiger partial charge in [-0.1, -0.05) is 72.8 Å². The number of rotatable bonds is 13. The topological polar surface area (TPSA) is 160 Å². The summed E-state index contributed by atoms with van der Waals surface area (Å²) in [7, 11) is 0. The molecular weight excluding hydrogens is 801 g/mol. The molecule has 4 aromatic carbocycles. The average molecular weight is 857 g/mol. The Morgan fingerprint density at radius 2 is 0.938 bits per heavy atom. The molecule has 2 aliphatic carbocycles. The Morgan fingerprint density at radius 1 is 0.531 bits per heavy atom. The second-order valence-corrected chi connectivity index (χ2v) is 17.9. The number of quaternary nitrogens is 2. The van der Waals surface area contributed by atoms with E-state index in [2.05, 4.69) is 9.98 Å². The van der Waals surface area contributed by atoms with Crippen LogP contribution in [0.5, 0.6) is 11.5 Å². The number of hydrogen-bond donors (Lipinski definition) is 4. The number of ether oxygens (including phenoxy) is 2. The molecule has 2 fully saturated rings. The predicted octanol–water partition coefficient (Wildman–Crippen LogP) is 8.32. The lowest BCUT2D eigenvalue weighted by Crippen LogP contribution is -2.53. The summed E-state index contributed by atoms with van der Waals surface area (Å²) in [6.45, 7) is 0.930. The standard InChI is InChI=1S/C52H56N8O4/c53-59-27-25-55-31-45(59)47(57-51(59)41-13-7-15-43(29-41)63-33-35-9-3-1-4-10-35)37-17-21-39(22-18-37)49(61)50(62)40-23-19-38(20-24-40)48-46-32-56-26-28-60(46,54)52(58-48)42-14-8-16-44(30-42)64-34-36-11-5-2-6-12-36/h1-16,25-32,37-40,49-50,61-62H,17-24,33-34,53-54H2/q+2. The van der Waals surface area contributed by atoms with Crippen LogP contribution < -0.4 is 21.2 Å². The summed E-state index contributed by atoms with van der Waals surface area (Å²) in [6, 6.07) is 36.1. The second kappa shape index (κ2) is 17.8. The summed E-state index contributed by atoms with van der Waals surface area (Å²) in [5.74, 6) is 17.5.